The third-order valence-corrected chi connectivity index (χ3v) is 3.99. The minimum Gasteiger partial charge on any atom is -0.493 e. The van der Waals surface area contributed by atoms with Crippen molar-refractivity contribution in [3.05, 3.63) is 65.6 Å². The summed E-state index contributed by atoms with van der Waals surface area (Å²) >= 11 is 6.10. The number of para-hydroxylation sites is 1. The average molecular weight is 385 g/mol. The van der Waals surface area contributed by atoms with Gasteiger partial charge in [0.1, 0.15) is 11.5 Å². The number of amides is 1. The van der Waals surface area contributed by atoms with Gasteiger partial charge in [0.15, 0.2) is 11.5 Å². The molecule has 0 saturated heterocycles. The van der Waals surface area contributed by atoms with Crippen LogP contribution in [0.1, 0.15) is 10.5 Å². The van der Waals surface area contributed by atoms with E-state index in [0.29, 0.717) is 33.7 Å². The van der Waals surface area contributed by atoms with Crippen molar-refractivity contribution in [1.82, 2.24) is 9.97 Å². The number of halogens is 1. The van der Waals surface area contributed by atoms with E-state index in [1.165, 1.54) is 19.5 Å². The maximum Gasteiger partial charge on any atom is 0.275 e. The van der Waals surface area contributed by atoms with Gasteiger partial charge in [-0.25, -0.2) is 9.97 Å². The number of carbonyl (C=O) groups excluding carboxylic acids is 1. The largest absolute Gasteiger partial charge is 0.493 e. The number of ether oxygens (including phenoxy) is 2. The zero-order chi connectivity index (χ0) is 19.2. The number of anilines is 3. The van der Waals surface area contributed by atoms with E-state index in [4.69, 9.17) is 21.1 Å². The van der Waals surface area contributed by atoms with Crippen molar-refractivity contribution in [2.24, 2.45) is 0 Å². The smallest absolute Gasteiger partial charge is 0.275 e. The highest BCUT2D eigenvalue weighted by atomic mass is 35.5. The molecule has 27 heavy (non-hydrogen) atoms. The minimum atomic E-state index is -0.390. The summed E-state index contributed by atoms with van der Waals surface area (Å²) in [5.41, 5.74) is 1.43. The molecule has 1 amide bonds. The number of rotatable bonds is 6. The Hall–Kier alpha value is -3.32. The molecule has 0 spiro atoms. The van der Waals surface area contributed by atoms with Gasteiger partial charge >= 0.3 is 0 Å². The Morgan fingerprint density at radius 3 is 2.44 bits per heavy atom. The number of methoxy groups -OCH3 is 2. The van der Waals surface area contributed by atoms with Crippen molar-refractivity contribution < 1.29 is 14.3 Å². The fraction of sp³-hybridized carbons (Fsp3) is 0.105. The van der Waals surface area contributed by atoms with Crippen LogP contribution in [0.5, 0.6) is 11.5 Å². The van der Waals surface area contributed by atoms with Crippen LogP contribution in [-0.4, -0.2) is 30.1 Å². The van der Waals surface area contributed by atoms with E-state index in [0.717, 1.165) is 0 Å². The molecule has 0 unspecified atom stereocenters. The van der Waals surface area contributed by atoms with Crippen LogP contribution >= 0.6 is 11.6 Å². The summed E-state index contributed by atoms with van der Waals surface area (Å²) in [6, 6.07) is 12.4. The van der Waals surface area contributed by atoms with E-state index in [-0.39, 0.29) is 11.6 Å². The standard InChI is InChI=1S/C19H17ClN4O3/c1-26-16-8-7-12(9-17(16)27-2)23-19(25)15-10-22-18(11-21-15)24-14-6-4-3-5-13(14)20/h3-11H,1-2H3,(H,22,24)(H,23,25). The van der Waals surface area contributed by atoms with Crippen LogP contribution in [-0.2, 0) is 0 Å². The van der Waals surface area contributed by atoms with Crippen molar-refractivity contribution >= 4 is 34.7 Å². The van der Waals surface area contributed by atoms with Gasteiger partial charge in [-0.2, -0.15) is 0 Å². The summed E-state index contributed by atoms with van der Waals surface area (Å²) in [4.78, 5) is 20.7. The van der Waals surface area contributed by atoms with E-state index in [9.17, 15) is 4.79 Å². The summed E-state index contributed by atoms with van der Waals surface area (Å²) in [7, 11) is 3.07. The molecule has 3 aromatic rings. The van der Waals surface area contributed by atoms with Gasteiger partial charge < -0.3 is 20.1 Å². The molecular formula is C19H17ClN4O3. The molecule has 3 rings (SSSR count). The van der Waals surface area contributed by atoms with Gasteiger partial charge in [0.2, 0.25) is 0 Å². The first kappa shape index (κ1) is 18.5. The quantitative estimate of drug-likeness (QED) is 0.664. The summed E-state index contributed by atoms with van der Waals surface area (Å²) in [5, 5.41) is 6.36. The van der Waals surface area contributed by atoms with Crippen LogP contribution in [0.25, 0.3) is 0 Å². The summed E-state index contributed by atoms with van der Waals surface area (Å²) in [6.07, 6.45) is 2.85. The van der Waals surface area contributed by atoms with Gasteiger partial charge in [-0.1, -0.05) is 23.7 Å². The second kappa shape index (κ2) is 8.37. The van der Waals surface area contributed by atoms with Gasteiger partial charge in [-0.05, 0) is 24.3 Å². The van der Waals surface area contributed by atoms with Crippen LogP contribution in [0, 0.1) is 0 Å². The number of benzene rings is 2. The van der Waals surface area contributed by atoms with Crippen LogP contribution in [0.2, 0.25) is 5.02 Å². The van der Waals surface area contributed by atoms with E-state index >= 15 is 0 Å². The van der Waals surface area contributed by atoms with Crippen molar-refractivity contribution in [3.63, 3.8) is 0 Å². The van der Waals surface area contributed by atoms with Gasteiger partial charge in [0, 0.05) is 11.8 Å². The molecule has 138 valence electrons. The van der Waals surface area contributed by atoms with Crippen molar-refractivity contribution in [1.29, 1.82) is 0 Å². The Bertz CT molecular complexity index is 948. The fourth-order valence-electron chi connectivity index (χ4n) is 2.32. The van der Waals surface area contributed by atoms with Crippen molar-refractivity contribution in [2.75, 3.05) is 24.9 Å². The van der Waals surface area contributed by atoms with Crippen LogP contribution < -0.4 is 20.1 Å². The topological polar surface area (TPSA) is 85.4 Å². The SMILES string of the molecule is COc1ccc(NC(=O)c2cnc(Nc3ccccc3Cl)cn2)cc1OC. The molecule has 8 heteroatoms. The van der Waals surface area contributed by atoms with Gasteiger partial charge in [-0.15, -0.1) is 0 Å². The highest BCUT2D eigenvalue weighted by Gasteiger charge is 2.11. The zero-order valence-electron chi connectivity index (χ0n) is 14.7. The molecule has 0 atom stereocenters. The predicted molar refractivity (Wildman–Crippen MR) is 104 cm³/mol. The van der Waals surface area contributed by atoms with E-state index in [1.54, 1.807) is 31.4 Å². The molecule has 1 heterocycles. The van der Waals surface area contributed by atoms with Crippen molar-refractivity contribution in [2.45, 2.75) is 0 Å². The van der Waals surface area contributed by atoms with E-state index < -0.39 is 0 Å². The van der Waals surface area contributed by atoms with Crippen molar-refractivity contribution in [3.8, 4) is 11.5 Å². The highest BCUT2D eigenvalue weighted by molar-refractivity contribution is 6.33. The molecule has 0 radical (unpaired) electrons. The van der Waals surface area contributed by atoms with Crippen LogP contribution in [0.15, 0.2) is 54.9 Å². The Balaban J connectivity index is 1.70. The Kier molecular flexibility index (Phi) is 5.73. The number of hydrogen-bond donors (Lipinski definition) is 2. The molecule has 0 aliphatic rings. The summed E-state index contributed by atoms with van der Waals surface area (Å²) in [5.74, 6) is 1.18. The van der Waals surface area contributed by atoms with Crippen LogP contribution in [0.4, 0.5) is 17.2 Å². The van der Waals surface area contributed by atoms with Gasteiger partial charge in [-0.3, -0.25) is 4.79 Å². The predicted octanol–water partition coefficient (Wildman–Crippen LogP) is 4.14. The molecule has 0 aliphatic carbocycles. The molecule has 7 nitrogen and oxygen atoms in total. The Labute approximate surface area is 161 Å². The van der Waals surface area contributed by atoms with Gasteiger partial charge in [0.05, 0.1) is 37.3 Å². The molecule has 2 aromatic carbocycles. The first-order valence-corrected chi connectivity index (χ1v) is 8.35. The Morgan fingerprint density at radius 1 is 1.00 bits per heavy atom. The lowest BCUT2D eigenvalue weighted by Crippen LogP contribution is -2.14. The normalized spacial score (nSPS) is 10.2. The molecule has 0 saturated carbocycles. The lowest BCUT2D eigenvalue weighted by molar-refractivity contribution is 0.102. The molecule has 0 fully saturated rings. The number of nitrogens with one attached hydrogen (secondary N) is 2. The maximum absolute atomic E-state index is 12.4. The van der Waals surface area contributed by atoms with Crippen LogP contribution in [0.3, 0.4) is 0 Å². The maximum atomic E-state index is 12.4. The number of hydrogen-bond acceptors (Lipinski definition) is 6. The average Bonchev–Trinajstić information content (AvgIpc) is 2.70. The van der Waals surface area contributed by atoms with E-state index in [2.05, 4.69) is 20.6 Å². The molecule has 0 aliphatic heterocycles. The number of aromatic nitrogens is 2. The summed E-state index contributed by atoms with van der Waals surface area (Å²) in [6.45, 7) is 0. The molecule has 0 bridgehead atoms. The second-order valence-electron chi connectivity index (χ2n) is 5.42. The second-order valence-corrected chi connectivity index (χ2v) is 5.82. The monoisotopic (exact) mass is 384 g/mol. The Morgan fingerprint density at radius 2 is 1.78 bits per heavy atom. The molecule has 1 aromatic heterocycles. The van der Waals surface area contributed by atoms with Gasteiger partial charge in [0.25, 0.3) is 5.91 Å². The fourth-order valence-corrected chi connectivity index (χ4v) is 2.50. The summed E-state index contributed by atoms with van der Waals surface area (Å²) < 4.78 is 10.4. The first-order valence-electron chi connectivity index (χ1n) is 7.97. The lowest BCUT2D eigenvalue weighted by Gasteiger charge is -2.10. The number of carbonyl (C=O) groups is 1. The first-order chi connectivity index (χ1) is 13.1. The zero-order valence-corrected chi connectivity index (χ0v) is 15.4. The third kappa shape index (κ3) is 4.45. The molecular weight excluding hydrogens is 368 g/mol. The lowest BCUT2D eigenvalue weighted by atomic mass is 10.2. The number of nitrogens with zero attached hydrogens (tertiary/aromatic N) is 2. The van der Waals surface area contributed by atoms with E-state index in [1.807, 2.05) is 18.2 Å². The minimum absolute atomic E-state index is 0.175. The highest BCUT2D eigenvalue weighted by Crippen LogP contribution is 2.30. The molecule has 2 N–H and O–H groups in total. The third-order valence-electron chi connectivity index (χ3n) is 3.66.